The molecule has 5 nitrogen and oxygen atoms in total. The molecule has 2 aromatic rings. The van der Waals surface area contributed by atoms with Crippen molar-refractivity contribution in [2.24, 2.45) is 5.92 Å². The number of carbonyl (C=O) groups excluding carboxylic acids is 1. The molecule has 1 N–H and O–H groups in total. The van der Waals surface area contributed by atoms with Gasteiger partial charge in [-0.2, -0.15) is 0 Å². The lowest BCUT2D eigenvalue weighted by atomic mass is 9.99. The maximum atomic E-state index is 12.8. The van der Waals surface area contributed by atoms with Gasteiger partial charge in [-0.1, -0.05) is 59.6 Å². The van der Waals surface area contributed by atoms with Crippen molar-refractivity contribution in [3.8, 4) is 0 Å². The molecule has 1 atom stereocenters. The molecule has 0 bridgehead atoms. The van der Waals surface area contributed by atoms with Crippen LogP contribution in [-0.2, 0) is 21.2 Å². The smallest absolute Gasteiger partial charge is 0.228 e. The maximum absolute atomic E-state index is 12.8. The van der Waals surface area contributed by atoms with Gasteiger partial charge in [-0.15, -0.1) is 0 Å². The summed E-state index contributed by atoms with van der Waals surface area (Å²) in [5.41, 5.74) is 1.56. The molecule has 1 aliphatic heterocycles. The van der Waals surface area contributed by atoms with Gasteiger partial charge in [0, 0.05) is 13.1 Å². The summed E-state index contributed by atoms with van der Waals surface area (Å²) in [5.74, 6) is -0.572. The van der Waals surface area contributed by atoms with Gasteiger partial charge in [0.15, 0.2) is 0 Å². The normalized spacial score (nSPS) is 17.8. The summed E-state index contributed by atoms with van der Waals surface area (Å²) in [5, 5.41) is 3.42. The number of piperidine rings is 1. The number of carbonyl (C=O) groups is 1. The molecule has 0 saturated carbocycles. The Morgan fingerprint density at radius 1 is 1.10 bits per heavy atom. The van der Waals surface area contributed by atoms with Crippen LogP contribution in [0.4, 0.5) is 5.69 Å². The molecule has 1 heterocycles. The number of nitrogens with one attached hydrogen (secondary N) is 1. The average Bonchev–Trinajstić information content (AvgIpc) is 2.72. The van der Waals surface area contributed by atoms with Gasteiger partial charge >= 0.3 is 0 Å². The number of anilines is 1. The van der Waals surface area contributed by atoms with E-state index in [1.54, 1.807) is 18.2 Å². The highest BCUT2D eigenvalue weighted by molar-refractivity contribution is 7.89. The zero-order valence-corrected chi connectivity index (χ0v) is 18.3. The van der Waals surface area contributed by atoms with E-state index in [4.69, 9.17) is 23.2 Å². The van der Waals surface area contributed by atoms with Crippen molar-refractivity contribution in [1.29, 1.82) is 0 Å². The van der Waals surface area contributed by atoms with E-state index in [0.717, 1.165) is 5.56 Å². The number of benzene rings is 2. The molecule has 0 aromatic heterocycles. The second-order valence-electron chi connectivity index (χ2n) is 7.19. The molecule has 0 radical (unpaired) electrons. The Morgan fingerprint density at radius 3 is 2.62 bits per heavy atom. The average molecular weight is 455 g/mol. The Hall–Kier alpha value is -1.60. The lowest BCUT2D eigenvalue weighted by Gasteiger charge is -2.31. The van der Waals surface area contributed by atoms with Gasteiger partial charge in [-0.3, -0.25) is 4.79 Å². The molecular weight excluding hydrogens is 431 g/mol. The fraction of sp³-hybridized carbons (Fsp3) is 0.381. The van der Waals surface area contributed by atoms with Gasteiger partial charge in [0.2, 0.25) is 15.9 Å². The fourth-order valence-electron chi connectivity index (χ4n) is 3.48. The highest BCUT2D eigenvalue weighted by Crippen LogP contribution is 2.30. The Kier molecular flexibility index (Phi) is 7.57. The zero-order chi connectivity index (χ0) is 20.9. The van der Waals surface area contributed by atoms with Crippen molar-refractivity contribution >= 4 is 44.8 Å². The second-order valence-corrected chi connectivity index (χ2v) is 10.1. The Morgan fingerprint density at radius 2 is 1.86 bits per heavy atom. The van der Waals surface area contributed by atoms with E-state index in [0.29, 0.717) is 42.9 Å². The van der Waals surface area contributed by atoms with Gasteiger partial charge in [0.25, 0.3) is 0 Å². The van der Waals surface area contributed by atoms with Crippen molar-refractivity contribution in [2.75, 3.05) is 24.2 Å². The molecule has 0 unspecified atom stereocenters. The third-order valence-corrected chi connectivity index (χ3v) is 7.81. The van der Waals surface area contributed by atoms with Crippen LogP contribution >= 0.6 is 23.2 Å². The first-order valence-electron chi connectivity index (χ1n) is 9.63. The van der Waals surface area contributed by atoms with E-state index >= 15 is 0 Å². The molecule has 1 fully saturated rings. The summed E-state index contributed by atoms with van der Waals surface area (Å²) >= 11 is 12.1. The van der Waals surface area contributed by atoms with E-state index < -0.39 is 15.9 Å². The van der Waals surface area contributed by atoms with Crippen LogP contribution in [-0.4, -0.2) is 37.5 Å². The van der Waals surface area contributed by atoms with Crippen molar-refractivity contribution in [1.82, 2.24) is 4.31 Å². The molecule has 156 valence electrons. The van der Waals surface area contributed by atoms with Crippen molar-refractivity contribution in [3.63, 3.8) is 0 Å². The van der Waals surface area contributed by atoms with Crippen molar-refractivity contribution in [3.05, 3.63) is 64.1 Å². The molecule has 29 heavy (non-hydrogen) atoms. The summed E-state index contributed by atoms with van der Waals surface area (Å²) in [7, 11) is -3.40. The van der Waals surface area contributed by atoms with Gasteiger partial charge in [0.1, 0.15) is 0 Å². The molecule has 2 aromatic carbocycles. The van der Waals surface area contributed by atoms with Gasteiger partial charge < -0.3 is 5.32 Å². The van der Waals surface area contributed by atoms with Crippen molar-refractivity contribution in [2.45, 2.75) is 25.7 Å². The van der Waals surface area contributed by atoms with Gasteiger partial charge in [0.05, 0.1) is 27.4 Å². The maximum Gasteiger partial charge on any atom is 0.228 e. The minimum Gasteiger partial charge on any atom is -0.324 e. The quantitative estimate of drug-likeness (QED) is 0.663. The summed E-state index contributed by atoms with van der Waals surface area (Å²) in [6, 6.07) is 14.8. The van der Waals surface area contributed by atoms with Crippen LogP contribution in [0.15, 0.2) is 48.5 Å². The largest absolute Gasteiger partial charge is 0.324 e. The van der Waals surface area contributed by atoms with Gasteiger partial charge in [-0.05, 0) is 43.4 Å². The topological polar surface area (TPSA) is 66.5 Å². The number of sulfonamides is 1. The summed E-state index contributed by atoms with van der Waals surface area (Å²) in [4.78, 5) is 12.7. The van der Waals surface area contributed by atoms with Crippen LogP contribution in [0.25, 0.3) is 0 Å². The number of aryl methyl sites for hydroxylation is 1. The molecule has 1 amide bonds. The summed E-state index contributed by atoms with van der Waals surface area (Å²) in [6.07, 6.45) is 2.56. The standard InChI is InChI=1S/C21H24Cl2N2O3S/c22-18-11-4-12-19(20(18)23)24-21(26)17-10-5-13-25(15-17)29(27,28)14-6-9-16-7-2-1-3-8-16/h1-4,7-8,11-12,17H,5-6,9-10,13-15H2,(H,24,26)/t17-/m0/s1. The first kappa shape index (κ1) is 22.1. The minimum atomic E-state index is -3.40. The summed E-state index contributed by atoms with van der Waals surface area (Å²) in [6.45, 7) is 0.646. The predicted octanol–water partition coefficient (Wildman–Crippen LogP) is 4.61. The molecule has 1 aliphatic rings. The van der Waals surface area contributed by atoms with Crippen LogP contribution < -0.4 is 5.32 Å². The lowest BCUT2D eigenvalue weighted by Crippen LogP contribution is -2.44. The van der Waals surface area contributed by atoms with Crippen LogP contribution in [0.2, 0.25) is 10.0 Å². The third-order valence-electron chi connectivity index (χ3n) is 5.07. The van der Waals surface area contributed by atoms with Crippen molar-refractivity contribution < 1.29 is 13.2 Å². The SMILES string of the molecule is O=C(Nc1cccc(Cl)c1Cl)[C@H]1CCCN(S(=O)(=O)CCCc2ccccc2)C1. The molecule has 8 heteroatoms. The Balaban J connectivity index is 1.57. The summed E-state index contributed by atoms with van der Waals surface area (Å²) < 4.78 is 27.0. The highest BCUT2D eigenvalue weighted by atomic mass is 35.5. The van der Waals surface area contributed by atoms with E-state index in [2.05, 4.69) is 5.32 Å². The number of halogens is 2. The number of rotatable bonds is 7. The predicted molar refractivity (Wildman–Crippen MR) is 118 cm³/mol. The monoisotopic (exact) mass is 454 g/mol. The third kappa shape index (κ3) is 5.95. The number of nitrogens with zero attached hydrogens (tertiary/aromatic N) is 1. The Bertz CT molecular complexity index is 952. The van der Waals surface area contributed by atoms with E-state index in [1.807, 2.05) is 30.3 Å². The molecule has 1 saturated heterocycles. The number of amides is 1. The molecule has 0 spiro atoms. The van der Waals surface area contributed by atoms with E-state index in [1.165, 1.54) is 4.31 Å². The van der Waals surface area contributed by atoms with E-state index in [-0.39, 0.29) is 23.2 Å². The fourth-order valence-corrected chi connectivity index (χ4v) is 5.41. The lowest BCUT2D eigenvalue weighted by molar-refractivity contribution is -0.120. The Labute approximate surface area is 182 Å². The molecule has 3 rings (SSSR count). The number of hydrogen-bond acceptors (Lipinski definition) is 3. The highest BCUT2D eigenvalue weighted by Gasteiger charge is 2.32. The molecular formula is C21H24Cl2N2O3S. The van der Waals surface area contributed by atoms with E-state index in [9.17, 15) is 13.2 Å². The van der Waals surface area contributed by atoms with Crippen LogP contribution in [0.3, 0.4) is 0 Å². The zero-order valence-electron chi connectivity index (χ0n) is 16.0. The van der Waals surface area contributed by atoms with Gasteiger partial charge in [-0.25, -0.2) is 12.7 Å². The molecule has 0 aliphatic carbocycles. The van der Waals surface area contributed by atoms with Crippen LogP contribution in [0.5, 0.6) is 0 Å². The first-order chi connectivity index (χ1) is 13.9. The van der Waals surface area contributed by atoms with Crippen LogP contribution in [0.1, 0.15) is 24.8 Å². The number of hydrogen-bond donors (Lipinski definition) is 1. The first-order valence-corrected chi connectivity index (χ1v) is 12.0. The van der Waals surface area contributed by atoms with Crippen LogP contribution in [0, 0.1) is 5.92 Å². The minimum absolute atomic E-state index is 0.0797. The second kappa shape index (κ2) is 9.94.